The molecule has 1 rings (SSSR count). The molecule has 66 valence electrons. The third-order valence-electron chi connectivity index (χ3n) is 1.97. The highest BCUT2D eigenvalue weighted by molar-refractivity contribution is 4.84. The standard InChI is InChI=1S/C7H11N3O2/c1-5-2-6(3-9-10-8)7(4-11)12-5/h1,5-7,11H,2-4H2/t5?,6-,7+/m0/s1. The number of aliphatic hydroxyl groups is 1. The first-order valence-corrected chi connectivity index (χ1v) is 3.80. The molecule has 0 aromatic rings. The molecule has 0 spiro atoms. The second-order valence-corrected chi connectivity index (χ2v) is 2.80. The van der Waals surface area contributed by atoms with Crippen LogP contribution in [-0.4, -0.2) is 30.5 Å². The van der Waals surface area contributed by atoms with Gasteiger partial charge < -0.3 is 9.84 Å². The maximum absolute atomic E-state index is 8.84. The number of aliphatic hydroxyl groups excluding tert-OH is 1. The van der Waals surface area contributed by atoms with Crippen molar-refractivity contribution in [2.24, 2.45) is 11.0 Å². The van der Waals surface area contributed by atoms with E-state index in [0.717, 1.165) is 0 Å². The normalized spacial score (nSPS) is 34.7. The quantitative estimate of drug-likeness (QED) is 0.385. The summed E-state index contributed by atoms with van der Waals surface area (Å²) in [6.45, 7) is 5.77. The molecular weight excluding hydrogens is 158 g/mol. The minimum atomic E-state index is -0.332. The van der Waals surface area contributed by atoms with Crippen molar-refractivity contribution in [3.63, 3.8) is 0 Å². The van der Waals surface area contributed by atoms with Gasteiger partial charge in [-0.25, -0.2) is 0 Å². The van der Waals surface area contributed by atoms with Gasteiger partial charge in [-0.3, -0.25) is 0 Å². The van der Waals surface area contributed by atoms with E-state index in [4.69, 9.17) is 22.3 Å². The average molecular weight is 169 g/mol. The molecule has 0 aromatic carbocycles. The van der Waals surface area contributed by atoms with Crippen molar-refractivity contribution in [2.75, 3.05) is 13.2 Å². The van der Waals surface area contributed by atoms with Crippen LogP contribution in [0.15, 0.2) is 5.11 Å². The SMILES string of the molecule is [CH]C1C[C@@H](CN=[N+]=[N-])[C@@H](CO)O1. The van der Waals surface area contributed by atoms with Crippen LogP contribution in [0.1, 0.15) is 6.42 Å². The molecule has 1 saturated heterocycles. The fourth-order valence-electron chi connectivity index (χ4n) is 1.37. The predicted octanol–water partition coefficient (Wildman–Crippen LogP) is 0.774. The Balaban J connectivity index is 2.45. The number of nitrogens with zero attached hydrogens (tertiary/aromatic N) is 3. The lowest BCUT2D eigenvalue weighted by molar-refractivity contribution is 0.0165. The summed E-state index contributed by atoms with van der Waals surface area (Å²) < 4.78 is 5.16. The lowest BCUT2D eigenvalue weighted by Crippen LogP contribution is -2.22. The van der Waals surface area contributed by atoms with Gasteiger partial charge in [0.25, 0.3) is 0 Å². The Morgan fingerprint density at radius 1 is 1.75 bits per heavy atom. The van der Waals surface area contributed by atoms with E-state index in [-0.39, 0.29) is 24.7 Å². The maximum atomic E-state index is 8.84. The van der Waals surface area contributed by atoms with Crippen LogP contribution in [0.4, 0.5) is 0 Å². The highest BCUT2D eigenvalue weighted by atomic mass is 16.5. The van der Waals surface area contributed by atoms with Crippen molar-refractivity contribution in [2.45, 2.75) is 18.6 Å². The first-order chi connectivity index (χ1) is 5.77. The van der Waals surface area contributed by atoms with Crippen molar-refractivity contribution in [3.8, 4) is 0 Å². The van der Waals surface area contributed by atoms with Gasteiger partial charge in [-0.05, 0) is 24.8 Å². The highest BCUT2D eigenvalue weighted by Gasteiger charge is 2.31. The summed E-state index contributed by atoms with van der Waals surface area (Å²) in [6, 6.07) is 0. The van der Waals surface area contributed by atoms with E-state index >= 15 is 0 Å². The molecule has 1 N–H and O–H groups in total. The van der Waals surface area contributed by atoms with Gasteiger partial charge >= 0.3 is 0 Å². The molecule has 0 aromatic heterocycles. The molecule has 0 amide bonds. The van der Waals surface area contributed by atoms with Crippen molar-refractivity contribution < 1.29 is 9.84 Å². The molecule has 1 heterocycles. The molecule has 1 fully saturated rings. The average Bonchev–Trinajstić information content (AvgIpc) is 2.42. The first kappa shape index (κ1) is 9.32. The second kappa shape index (κ2) is 4.30. The van der Waals surface area contributed by atoms with E-state index in [1.165, 1.54) is 0 Å². The Labute approximate surface area is 71.0 Å². The van der Waals surface area contributed by atoms with Gasteiger partial charge in [0, 0.05) is 11.5 Å². The summed E-state index contributed by atoms with van der Waals surface area (Å²) in [5.41, 5.74) is 8.08. The van der Waals surface area contributed by atoms with E-state index in [1.54, 1.807) is 0 Å². The van der Waals surface area contributed by atoms with Crippen LogP contribution in [0.2, 0.25) is 0 Å². The number of hydrogen-bond acceptors (Lipinski definition) is 3. The summed E-state index contributed by atoms with van der Waals surface area (Å²) in [7, 11) is 0. The zero-order valence-corrected chi connectivity index (χ0v) is 6.63. The zero-order chi connectivity index (χ0) is 8.97. The van der Waals surface area contributed by atoms with Gasteiger partial charge in [0.05, 0.1) is 18.8 Å². The summed E-state index contributed by atoms with van der Waals surface area (Å²) in [4.78, 5) is 2.64. The lowest BCUT2D eigenvalue weighted by atomic mass is 10.0. The van der Waals surface area contributed by atoms with Crippen LogP contribution in [-0.2, 0) is 4.74 Å². The first-order valence-electron chi connectivity index (χ1n) is 3.80. The third kappa shape index (κ3) is 2.11. The summed E-state index contributed by atoms with van der Waals surface area (Å²) in [6.07, 6.45) is 0.0380. The van der Waals surface area contributed by atoms with Crippen LogP contribution < -0.4 is 0 Å². The smallest absolute Gasteiger partial charge is 0.0839 e. The van der Waals surface area contributed by atoms with Crippen molar-refractivity contribution >= 4 is 0 Å². The topological polar surface area (TPSA) is 78.2 Å². The molecule has 5 heteroatoms. The Morgan fingerprint density at radius 3 is 3.08 bits per heavy atom. The summed E-state index contributed by atoms with van der Waals surface area (Å²) in [5.74, 6) is 0.0564. The maximum Gasteiger partial charge on any atom is 0.0839 e. The molecule has 0 aliphatic carbocycles. The number of hydrogen-bond donors (Lipinski definition) is 1. The lowest BCUT2D eigenvalue weighted by Gasteiger charge is -2.12. The highest BCUT2D eigenvalue weighted by Crippen LogP contribution is 2.25. The zero-order valence-electron chi connectivity index (χ0n) is 6.63. The second-order valence-electron chi connectivity index (χ2n) is 2.80. The van der Waals surface area contributed by atoms with Gasteiger partial charge in [0.15, 0.2) is 0 Å². The Kier molecular flexibility index (Phi) is 3.34. The minimum absolute atomic E-state index is 0.0564. The van der Waals surface area contributed by atoms with E-state index in [1.807, 2.05) is 0 Å². The molecule has 1 unspecified atom stereocenters. The summed E-state index contributed by atoms with van der Waals surface area (Å²) >= 11 is 0. The van der Waals surface area contributed by atoms with Crippen LogP contribution in [0.3, 0.4) is 0 Å². The molecule has 5 nitrogen and oxygen atoms in total. The minimum Gasteiger partial charge on any atom is -0.394 e. The fourth-order valence-corrected chi connectivity index (χ4v) is 1.37. The van der Waals surface area contributed by atoms with Crippen LogP contribution in [0, 0.1) is 12.8 Å². The molecule has 2 radical (unpaired) electrons. The summed E-state index contributed by atoms with van der Waals surface area (Å²) in [5, 5.41) is 12.3. The van der Waals surface area contributed by atoms with Crippen molar-refractivity contribution in [1.29, 1.82) is 0 Å². The Bertz CT molecular complexity index is 191. The van der Waals surface area contributed by atoms with Gasteiger partial charge in [-0.1, -0.05) is 5.11 Å². The van der Waals surface area contributed by atoms with Gasteiger partial charge in [0.1, 0.15) is 0 Å². The molecule has 3 atom stereocenters. The van der Waals surface area contributed by atoms with Crippen LogP contribution >= 0.6 is 0 Å². The van der Waals surface area contributed by atoms with E-state index < -0.39 is 0 Å². The number of ether oxygens (including phenoxy) is 1. The van der Waals surface area contributed by atoms with Gasteiger partial charge in [-0.2, -0.15) is 0 Å². The molecule has 12 heavy (non-hydrogen) atoms. The largest absolute Gasteiger partial charge is 0.394 e. The van der Waals surface area contributed by atoms with E-state index in [2.05, 4.69) is 10.0 Å². The molecule has 1 aliphatic rings. The third-order valence-corrected chi connectivity index (χ3v) is 1.97. The van der Waals surface area contributed by atoms with E-state index in [0.29, 0.717) is 13.0 Å². The predicted molar refractivity (Wildman–Crippen MR) is 42.2 cm³/mol. The van der Waals surface area contributed by atoms with Gasteiger partial charge in [0.2, 0.25) is 0 Å². The Hall–Kier alpha value is -0.770. The molecule has 1 aliphatic heterocycles. The fraction of sp³-hybridized carbons (Fsp3) is 0.857. The van der Waals surface area contributed by atoms with E-state index in [9.17, 15) is 0 Å². The van der Waals surface area contributed by atoms with Gasteiger partial charge in [-0.15, -0.1) is 0 Å². The molecule has 0 bridgehead atoms. The number of rotatable bonds is 3. The van der Waals surface area contributed by atoms with Crippen LogP contribution in [0.25, 0.3) is 10.4 Å². The van der Waals surface area contributed by atoms with Crippen molar-refractivity contribution in [3.05, 3.63) is 17.4 Å². The number of azide groups is 1. The monoisotopic (exact) mass is 169 g/mol. The Morgan fingerprint density at radius 2 is 2.50 bits per heavy atom. The van der Waals surface area contributed by atoms with Crippen molar-refractivity contribution in [1.82, 2.24) is 0 Å². The van der Waals surface area contributed by atoms with Crippen LogP contribution in [0.5, 0.6) is 0 Å². The molecular formula is C7H11N3O2. The molecule has 0 saturated carbocycles.